The number of nitriles is 2. The summed E-state index contributed by atoms with van der Waals surface area (Å²) in [6.07, 6.45) is 1.43. The number of nitrogens with one attached hydrogen (secondary N) is 1. The van der Waals surface area contributed by atoms with Crippen LogP contribution in [0.3, 0.4) is 0 Å². The molecule has 2 N–H and O–H groups in total. The van der Waals surface area contributed by atoms with Crippen LogP contribution in [0.25, 0.3) is 11.1 Å². The lowest BCUT2D eigenvalue weighted by atomic mass is 10.0. The lowest BCUT2D eigenvalue weighted by Crippen LogP contribution is -2.24. The second-order valence-electron chi connectivity index (χ2n) is 7.41. The third-order valence-electron chi connectivity index (χ3n) is 5.15. The van der Waals surface area contributed by atoms with Crippen molar-refractivity contribution < 1.29 is 13.9 Å². The number of hydrogen-bond acceptors (Lipinski definition) is 7. The molecule has 9 heteroatoms. The van der Waals surface area contributed by atoms with Crippen molar-refractivity contribution in [2.45, 2.75) is 0 Å². The van der Waals surface area contributed by atoms with E-state index >= 15 is 8.78 Å². The first-order valence-electron chi connectivity index (χ1n) is 10.5. The molecule has 0 radical (unpaired) electrons. The molecule has 7 nitrogen and oxygen atoms in total. The van der Waals surface area contributed by atoms with Crippen LogP contribution in [0.5, 0.6) is 0 Å². The molecule has 0 bridgehead atoms. The highest BCUT2D eigenvalue weighted by molar-refractivity contribution is 5.71. The summed E-state index contributed by atoms with van der Waals surface area (Å²) >= 11 is 0. The molecular formula is C26H18F2N6O. The second kappa shape index (κ2) is 10.4. The van der Waals surface area contributed by atoms with Crippen LogP contribution in [0, 0.1) is 34.3 Å². The Bertz CT molecular complexity index is 1400. The Morgan fingerprint density at radius 1 is 0.857 bits per heavy atom. The fraction of sp³-hybridized carbons (Fsp3) is 0.0769. The van der Waals surface area contributed by atoms with E-state index in [2.05, 4.69) is 15.3 Å². The van der Waals surface area contributed by atoms with E-state index in [9.17, 15) is 5.11 Å². The van der Waals surface area contributed by atoms with Gasteiger partial charge in [-0.25, -0.2) is 13.8 Å². The summed E-state index contributed by atoms with van der Waals surface area (Å²) in [4.78, 5) is 9.73. The number of anilines is 4. The van der Waals surface area contributed by atoms with E-state index in [1.807, 2.05) is 12.1 Å². The van der Waals surface area contributed by atoms with Crippen LogP contribution in [0.4, 0.5) is 31.9 Å². The smallest absolute Gasteiger partial charge is 0.229 e. The van der Waals surface area contributed by atoms with Crippen molar-refractivity contribution in [2.75, 3.05) is 23.4 Å². The van der Waals surface area contributed by atoms with Gasteiger partial charge in [-0.05, 0) is 65.7 Å². The summed E-state index contributed by atoms with van der Waals surface area (Å²) in [5, 5.41) is 30.4. The first-order valence-corrected chi connectivity index (χ1v) is 10.5. The summed E-state index contributed by atoms with van der Waals surface area (Å²) in [5.74, 6) is -1.32. The third kappa shape index (κ3) is 5.22. The Morgan fingerprint density at radius 2 is 1.46 bits per heavy atom. The fourth-order valence-corrected chi connectivity index (χ4v) is 3.49. The Morgan fingerprint density at radius 3 is 2.03 bits per heavy atom. The molecule has 4 aromatic rings. The average molecular weight is 468 g/mol. The number of aliphatic hydroxyl groups excluding tert-OH is 1. The fourth-order valence-electron chi connectivity index (χ4n) is 3.49. The summed E-state index contributed by atoms with van der Waals surface area (Å²) in [7, 11) is 0. The monoisotopic (exact) mass is 468 g/mol. The van der Waals surface area contributed by atoms with Crippen LogP contribution in [0.1, 0.15) is 11.1 Å². The molecule has 0 amide bonds. The van der Waals surface area contributed by atoms with Crippen molar-refractivity contribution >= 4 is 23.1 Å². The quantitative estimate of drug-likeness (QED) is 0.391. The van der Waals surface area contributed by atoms with Crippen LogP contribution in [0.2, 0.25) is 0 Å². The largest absolute Gasteiger partial charge is 0.395 e. The molecule has 0 saturated carbocycles. The first kappa shape index (κ1) is 23.3. The van der Waals surface area contributed by atoms with Gasteiger partial charge in [-0.2, -0.15) is 15.5 Å². The Kier molecular flexibility index (Phi) is 6.91. The number of aliphatic hydroxyl groups is 1. The van der Waals surface area contributed by atoms with Crippen LogP contribution >= 0.6 is 0 Å². The lowest BCUT2D eigenvalue weighted by molar-refractivity contribution is 0.305. The predicted molar refractivity (Wildman–Crippen MR) is 127 cm³/mol. The van der Waals surface area contributed by atoms with E-state index in [0.717, 1.165) is 0 Å². The van der Waals surface area contributed by atoms with Crippen molar-refractivity contribution in [3.63, 3.8) is 0 Å². The number of hydrogen-bond donors (Lipinski definition) is 2. The topological polar surface area (TPSA) is 109 Å². The molecule has 4 rings (SSSR count). The van der Waals surface area contributed by atoms with Crippen LogP contribution in [-0.2, 0) is 0 Å². The standard InChI is InChI=1S/C26H18F2N6O/c27-22-13-20(19-5-1-17(15-29)2-6-19)14-23(28)25(22)34(11-12-35)24-9-10-31-26(33-24)32-21-7-3-18(16-30)4-8-21/h1-10,13-14,35H,11-12H2,(H,31,32,33). The predicted octanol–water partition coefficient (Wildman–Crippen LogP) is 5.04. The molecule has 0 saturated heterocycles. The van der Waals surface area contributed by atoms with Crippen molar-refractivity contribution in [2.24, 2.45) is 0 Å². The summed E-state index contributed by atoms with van der Waals surface area (Å²) in [5.41, 5.74) is 2.06. The minimum Gasteiger partial charge on any atom is -0.395 e. The normalized spacial score (nSPS) is 10.3. The van der Waals surface area contributed by atoms with E-state index in [4.69, 9.17) is 10.5 Å². The van der Waals surface area contributed by atoms with Gasteiger partial charge in [-0.15, -0.1) is 0 Å². The molecule has 0 atom stereocenters. The molecule has 1 aromatic heterocycles. The van der Waals surface area contributed by atoms with Crippen LogP contribution in [-0.4, -0.2) is 28.2 Å². The summed E-state index contributed by atoms with van der Waals surface area (Å²) in [6, 6.07) is 20.9. The van der Waals surface area contributed by atoms with Crippen molar-refractivity contribution in [1.29, 1.82) is 10.5 Å². The highest BCUT2D eigenvalue weighted by Gasteiger charge is 2.21. The van der Waals surface area contributed by atoms with E-state index in [-0.39, 0.29) is 30.6 Å². The number of benzene rings is 3. The van der Waals surface area contributed by atoms with E-state index in [0.29, 0.717) is 27.9 Å². The second-order valence-corrected chi connectivity index (χ2v) is 7.41. The molecule has 0 aliphatic rings. The molecule has 35 heavy (non-hydrogen) atoms. The zero-order valence-electron chi connectivity index (χ0n) is 18.3. The van der Waals surface area contributed by atoms with E-state index < -0.39 is 11.6 Å². The maximum absolute atomic E-state index is 15.2. The Hall–Kier alpha value is -4.86. The van der Waals surface area contributed by atoms with Gasteiger partial charge >= 0.3 is 0 Å². The van der Waals surface area contributed by atoms with Gasteiger partial charge in [0.2, 0.25) is 5.95 Å². The molecule has 1 heterocycles. The molecule has 0 aliphatic heterocycles. The number of aromatic nitrogens is 2. The number of nitrogens with zero attached hydrogens (tertiary/aromatic N) is 5. The molecule has 3 aromatic carbocycles. The number of halogens is 2. The van der Waals surface area contributed by atoms with Gasteiger partial charge in [-0.1, -0.05) is 12.1 Å². The van der Waals surface area contributed by atoms with Crippen molar-refractivity contribution in [1.82, 2.24) is 9.97 Å². The van der Waals surface area contributed by atoms with Crippen molar-refractivity contribution in [3.05, 3.63) is 95.7 Å². The maximum Gasteiger partial charge on any atom is 0.229 e. The van der Waals surface area contributed by atoms with Crippen molar-refractivity contribution in [3.8, 4) is 23.3 Å². The summed E-state index contributed by atoms with van der Waals surface area (Å²) in [6.45, 7) is -0.490. The van der Waals surface area contributed by atoms with Crippen LogP contribution < -0.4 is 10.2 Å². The van der Waals surface area contributed by atoms with Gasteiger partial charge in [0.25, 0.3) is 0 Å². The van der Waals surface area contributed by atoms with Crippen LogP contribution in [0.15, 0.2) is 72.9 Å². The molecule has 0 spiro atoms. The molecule has 0 unspecified atom stereocenters. The van der Waals surface area contributed by atoms with E-state index in [1.165, 1.54) is 29.3 Å². The highest BCUT2D eigenvalue weighted by Crippen LogP contribution is 2.33. The average Bonchev–Trinajstić information content (AvgIpc) is 2.88. The van der Waals surface area contributed by atoms with Gasteiger partial charge in [0.1, 0.15) is 11.5 Å². The van der Waals surface area contributed by atoms with Gasteiger partial charge in [-0.3, -0.25) is 0 Å². The summed E-state index contributed by atoms with van der Waals surface area (Å²) < 4.78 is 30.4. The van der Waals surface area contributed by atoms with E-state index in [1.54, 1.807) is 48.5 Å². The minimum absolute atomic E-state index is 0.114. The zero-order valence-corrected chi connectivity index (χ0v) is 18.3. The van der Waals surface area contributed by atoms with Gasteiger partial charge in [0.15, 0.2) is 11.6 Å². The third-order valence-corrected chi connectivity index (χ3v) is 5.15. The highest BCUT2D eigenvalue weighted by atomic mass is 19.1. The maximum atomic E-state index is 15.2. The first-order chi connectivity index (χ1) is 17.0. The zero-order chi connectivity index (χ0) is 24.8. The number of rotatable bonds is 7. The molecular weight excluding hydrogens is 450 g/mol. The Labute approximate surface area is 200 Å². The van der Waals surface area contributed by atoms with Gasteiger partial charge in [0.05, 0.1) is 29.9 Å². The molecule has 0 aliphatic carbocycles. The lowest BCUT2D eigenvalue weighted by Gasteiger charge is -2.24. The van der Waals surface area contributed by atoms with Gasteiger partial charge < -0.3 is 15.3 Å². The van der Waals surface area contributed by atoms with Gasteiger partial charge in [0, 0.05) is 18.4 Å². The Balaban J connectivity index is 1.67. The minimum atomic E-state index is -0.835. The molecule has 172 valence electrons. The SMILES string of the molecule is N#Cc1ccc(Nc2nccc(N(CCO)c3c(F)cc(-c4ccc(C#N)cc4)cc3F)n2)cc1. The molecule has 0 fully saturated rings.